The molecule has 0 aliphatic heterocycles. The summed E-state index contributed by atoms with van der Waals surface area (Å²) in [7, 11) is 1.11. The van der Waals surface area contributed by atoms with E-state index in [9.17, 15) is 19.2 Å². The number of benzene rings is 2. The largest absolute Gasteiger partial charge is 0.491 e. The minimum atomic E-state index is -1.20. The van der Waals surface area contributed by atoms with Crippen molar-refractivity contribution in [2.75, 3.05) is 13.1 Å². The van der Waals surface area contributed by atoms with Crippen LogP contribution in [0.4, 0.5) is 0 Å². The number of hydrogen-bond donors (Lipinski definition) is 6. The summed E-state index contributed by atoms with van der Waals surface area (Å²) in [6, 6.07) is 19.1. The van der Waals surface area contributed by atoms with E-state index in [1.807, 2.05) is 60.7 Å². The SMILES string of the molecule is NCCCC(NC(=O)C1(C(=O)NCc2ccccc2)CCCC1)O[B]OC(CCCN)NC(=O)C1(C(=O)NCc2ccccc2)CCCC1. The van der Waals surface area contributed by atoms with Crippen LogP contribution < -0.4 is 32.7 Å². The zero-order chi connectivity index (χ0) is 35.0. The van der Waals surface area contributed by atoms with Crippen molar-refractivity contribution >= 4 is 31.3 Å². The van der Waals surface area contributed by atoms with E-state index < -0.39 is 35.1 Å². The molecule has 265 valence electrons. The average molecular weight is 676 g/mol. The molecule has 8 N–H and O–H groups in total. The molecule has 0 aromatic heterocycles. The number of carbonyl (C=O) groups is 4. The second-order valence-corrected chi connectivity index (χ2v) is 13.1. The van der Waals surface area contributed by atoms with Crippen LogP contribution in [0.5, 0.6) is 0 Å². The molecule has 2 aliphatic carbocycles. The van der Waals surface area contributed by atoms with Crippen LogP contribution in [0.3, 0.4) is 0 Å². The Morgan fingerprint density at radius 2 is 0.980 bits per heavy atom. The molecule has 12 nitrogen and oxygen atoms in total. The molecule has 2 aromatic rings. The zero-order valence-electron chi connectivity index (χ0n) is 28.4. The van der Waals surface area contributed by atoms with Crippen LogP contribution in [-0.4, -0.2) is 56.9 Å². The van der Waals surface area contributed by atoms with Gasteiger partial charge in [-0.15, -0.1) is 0 Å². The lowest BCUT2D eigenvalue weighted by atomic mass is 9.83. The molecular weight excluding hydrogens is 623 g/mol. The van der Waals surface area contributed by atoms with E-state index >= 15 is 0 Å². The van der Waals surface area contributed by atoms with E-state index in [-0.39, 0.29) is 11.8 Å². The second kappa shape index (κ2) is 19.4. The number of carbonyl (C=O) groups excluding carboxylic acids is 4. The Bertz CT molecular complexity index is 1240. The number of amides is 4. The fraction of sp³-hybridized carbons (Fsp3) is 0.556. The molecule has 4 amide bonds. The van der Waals surface area contributed by atoms with Gasteiger partial charge in [-0.2, -0.15) is 0 Å². The second-order valence-electron chi connectivity index (χ2n) is 13.1. The van der Waals surface area contributed by atoms with Gasteiger partial charge in [0.1, 0.15) is 23.3 Å². The Morgan fingerprint density at radius 3 is 1.33 bits per heavy atom. The normalized spacial score (nSPS) is 17.4. The minimum Gasteiger partial charge on any atom is -0.393 e. The van der Waals surface area contributed by atoms with Crippen molar-refractivity contribution in [1.29, 1.82) is 0 Å². The van der Waals surface area contributed by atoms with Crippen LogP contribution in [-0.2, 0) is 41.6 Å². The van der Waals surface area contributed by atoms with Crippen molar-refractivity contribution in [3.8, 4) is 0 Å². The van der Waals surface area contributed by atoms with Gasteiger partial charge < -0.3 is 42.0 Å². The summed E-state index contributed by atoms with van der Waals surface area (Å²) in [6.07, 6.45) is 5.09. The van der Waals surface area contributed by atoms with Crippen molar-refractivity contribution in [2.24, 2.45) is 22.3 Å². The molecule has 2 aromatic carbocycles. The highest BCUT2D eigenvalue weighted by atomic mass is 16.6. The fourth-order valence-electron chi connectivity index (χ4n) is 6.66. The average Bonchev–Trinajstić information content (AvgIpc) is 3.84. The maximum atomic E-state index is 13.7. The Labute approximate surface area is 290 Å². The fourth-order valence-corrected chi connectivity index (χ4v) is 6.66. The number of rotatable bonds is 20. The molecule has 4 rings (SSSR count). The third-order valence-corrected chi connectivity index (χ3v) is 9.61. The first-order valence-electron chi connectivity index (χ1n) is 17.6. The lowest BCUT2D eigenvalue weighted by Crippen LogP contribution is -2.54. The molecule has 0 saturated heterocycles. The van der Waals surface area contributed by atoms with Crippen LogP contribution in [0.1, 0.15) is 88.2 Å². The lowest BCUT2D eigenvalue weighted by Gasteiger charge is -2.31. The molecule has 1 radical (unpaired) electrons. The van der Waals surface area contributed by atoms with Crippen LogP contribution in [0.25, 0.3) is 0 Å². The first-order chi connectivity index (χ1) is 23.8. The molecule has 0 bridgehead atoms. The lowest BCUT2D eigenvalue weighted by molar-refractivity contribution is -0.146. The highest BCUT2D eigenvalue weighted by Gasteiger charge is 2.49. The molecule has 0 heterocycles. The van der Waals surface area contributed by atoms with Gasteiger partial charge in [0, 0.05) is 13.1 Å². The first kappa shape index (κ1) is 38.0. The van der Waals surface area contributed by atoms with E-state index in [1.165, 1.54) is 0 Å². The minimum absolute atomic E-state index is 0.303. The van der Waals surface area contributed by atoms with E-state index in [1.54, 1.807) is 0 Å². The van der Waals surface area contributed by atoms with Gasteiger partial charge >= 0.3 is 7.69 Å². The summed E-state index contributed by atoms with van der Waals surface area (Å²) in [5.41, 5.74) is 11.0. The summed E-state index contributed by atoms with van der Waals surface area (Å²) in [5.74, 6) is -1.41. The molecule has 0 spiro atoms. The summed E-state index contributed by atoms with van der Waals surface area (Å²) in [4.78, 5) is 54.3. The Kier molecular flexibility index (Phi) is 15.1. The van der Waals surface area contributed by atoms with Gasteiger partial charge in [-0.05, 0) is 75.6 Å². The van der Waals surface area contributed by atoms with Gasteiger partial charge in [0.2, 0.25) is 23.6 Å². The summed E-state index contributed by atoms with van der Waals surface area (Å²) in [6.45, 7) is 1.41. The predicted octanol–water partition coefficient (Wildman–Crippen LogP) is 2.67. The molecule has 2 unspecified atom stereocenters. The highest BCUT2D eigenvalue weighted by Crippen LogP contribution is 2.40. The standard InChI is InChI=1S/C36H52BN6O6/c38-23-11-17-29(42-33(46)35(19-7-8-20-35)31(44)40-25-27-13-3-1-4-14-27)48-37-49-30(18-12-24-39)43-34(47)36(21-9-10-22-36)32(45)41-26-28-15-5-2-6-16-28/h1-6,13-16,29-30H,7-12,17-26,38-39H2,(H,40,44)(H,41,45)(H,42,46)(H,43,47). The van der Waals surface area contributed by atoms with Crippen molar-refractivity contribution in [3.05, 3.63) is 71.8 Å². The number of hydrogen-bond acceptors (Lipinski definition) is 8. The van der Waals surface area contributed by atoms with Gasteiger partial charge in [-0.25, -0.2) is 0 Å². The third-order valence-electron chi connectivity index (χ3n) is 9.61. The van der Waals surface area contributed by atoms with Crippen molar-refractivity contribution in [2.45, 2.75) is 103 Å². The number of nitrogens with one attached hydrogen (secondary N) is 4. The maximum Gasteiger partial charge on any atom is 0.491 e. The van der Waals surface area contributed by atoms with Crippen molar-refractivity contribution in [1.82, 2.24) is 21.3 Å². The summed E-state index contributed by atoms with van der Waals surface area (Å²) < 4.78 is 11.8. The van der Waals surface area contributed by atoms with Crippen LogP contribution in [0.2, 0.25) is 0 Å². The zero-order valence-corrected chi connectivity index (χ0v) is 28.4. The van der Waals surface area contributed by atoms with Gasteiger partial charge in [0.05, 0.1) is 0 Å². The third kappa shape index (κ3) is 10.6. The van der Waals surface area contributed by atoms with E-state index in [0.29, 0.717) is 77.5 Å². The van der Waals surface area contributed by atoms with E-state index in [4.69, 9.17) is 20.8 Å². The quantitative estimate of drug-likeness (QED) is 0.0702. The van der Waals surface area contributed by atoms with Crippen LogP contribution >= 0.6 is 0 Å². The smallest absolute Gasteiger partial charge is 0.393 e. The molecule has 49 heavy (non-hydrogen) atoms. The molecule has 2 aliphatic rings. The number of nitrogens with two attached hydrogens (primary N) is 2. The Balaban J connectivity index is 1.35. The molecular formula is C36H52BN6O6. The topological polar surface area (TPSA) is 187 Å². The molecule has 2 fully saturated rings. The van der Waals surface area contributed by atoms with Gasteiger partial charge in [-0.1, -0.05) is 86.3 Å². The van der Waals surface area contributed by atoms with Crippen LogP contribution in [0.15, 0.2) is 60.7 Å². The van der Waals surface area contributed by atoms with Gasteiger partial charge in [0.25, 0.3) is 0 Å². The monoisotopic (exact) mass is 675 g/mol. The molecule has 2 atom stereocenters. The summed E-state index contributed by atoms with van der Waals surface area (Å²) >= 11 is 0. The van der Waals surface area contributed by atoms with Crippen molar-refractivity contribution in [3.63, 3.8) is 0 Å². The summed E-state index contributed by atoms with van der Waals surface area (Å²) in [5, 5.41) is 11.7. The van der Waals surface area contributed by atoms with Crippen LogP contribution in [0, 0.1) is 10.8 Å². The highest BCUT2D eigenvalue weighted by molar-refractivity contribution is 6.18. The first-order valence-corrected chi connectivity index (χ1v) is 17.6. The van der Waals surface area contributed by atoms with Gasteiger partial charge in [-0.3, -0.25) is 19.2 Å². The van der Waals surface area contributed by atoms with E-state index in [0.717, 1.165) is 44.5 Å². The van der Waals surface area contributed by atoms with Gasteiger partial charge in [0.15, 0.2) is 0 Å². The Morgan fingerprint density at radius 1 is 0.612 bits per heavy atom. The molecule has 13 heteroatoms. The predicted molar refractivity (Wildman–Crippen MR) is 187 cm³/mol. The van der Waals surface area contributed by atoms with Crippen molar-refractivity contribution < 1.29 is 28.5 Å². The van der Waals surface area contributed by atoms with E-state index in [2.05, 4.69) is 21.3 Å². The molecule has 2 saturated carbocycles. The maximum absolute atomic E-state index is 13.7. The Hall–Kier alpha value is -3.78.